The summed E-state index contributed by atoms with van der Waals surface area (Å²) >= 11 is 3.03. The first-order valence-electron chi connectivity index (χ1n) is 8.53. The molecule has 1 aromatic carbocycles. The number of guanidine groups is 1. The highest BCUT2D eigenvalue weighted by atomic mass is 32.1. The van der Waals surface area contributed by atoms with Crippen LogP contribution in [0.25, 0.3) is 11.3 Å². The summed E-state index contributed by atoms with van der Waals surface area (Å²) in [4.78, 5) is 25.1. The maximum absolute atomic E-state index is 11.2. The summed E-state index contributed by atoms with van der Waals surface area (Å²) in [5.41, 5.74) is 5.20. The van der Waals surface area contributed by atoms with Gasteiger partial charge in [0, 0.05) is 23.2 Å². The largest absolute Gasteiger partial charge is 0.496 e. The molecular formula is C19H20N4O4S2. The molecule has 8 nitrogen and oxygen atoms in total. The van der Waals surface area contributed by atoms with E-state index in [9.17, 15) is 4.79 Å². The van der Waals surface area contributed by atoms with Crippen LogP contribution in [0, 0.1) is 0 Å². The fraction of sp³-hybridized carbons (Fsp3) is 0.211. The van der Waals surface area contributed by atoms with E-state index in [1.165, 1.54) is 18.3 Å². The number of aromatic nitrogens is 1. The molecule has 0 saturated carbocycles. The Bertz CT molecular complexity index is 964. The summed E-state index contributed by atoms with van der Waals surface area (Å²) in [6.45, 7) is 1.53. The summed E-state index contributed by atoms with van der Waals surface area (Å²) in [6, 6.07) is 7.49. The number of nitrogens with zero attached hydrogens (tertiary/aromatic N) is 2. The molecule has 3 aromatic rings. The highest BCUT2D eigenvalue weighted by Crippen LogP contribution is 2.29. The second kappa shape index (κ2) is 9.89. The molecule has 2 N–H and O–H groups in total. The lowest BCUT2D eigenvalue weighted by Gasteiger charge is -2.13. The van der Waals surface area contributed by atoms with Crippen molar-refractivity contribution in [3.05, 3.63) is 46.0 Å². The molecule has 0 atom stereocenters. The number of methoxy groups -OCH3 is 2. The number of anilines is 1. The topological polar surface area (TPSA) is 94.1 Å². The van der Waals surface area contributed by atoms with Crippen LogP contribution in [0.4, 0.5) is 5.13 Å². The molecule has 0 aliphatic rings. The highest BCUT2D eigenvalue weighted by molar-refractivity contribution is 7.14. The Labute approximate surface area is 176 Å². The second-order valence-electron chi connectivity index (χ2n) is 5.68. The first-order chi connectivity index (χ1) is 14.1. The summed E-state index contributed by atoms with van der Waals surface area (Å²) in [5, 5.41) is 9.63. The van der Waals surface area contributed by atoms with Gasteiger partial charge in [-0.1, -0.05) is 6.07 Å². The van der Waals surface area contributed by atoms with Crippen LogP contribution in [0.15, 0.2) is 45.4 Å². The molecule has 10 heteroatoms. The fourth-order valence-corrected chi connectivity index (χ4v) is 3.80. The maximum atomic E-state index is 11.2. The van der Waals surface area contributed by atoms with Gasteiger partial charge in [-0.15, -0.1) is 11.3 Å². The minimum absolute atomic E-state index is 0.229. The molecule has 29 heavy (non-hydrogen) atoms. The first kappa shape index (κ1) is 20.6. The Hall–Kier alpha value is -3.11. The van der Waals surface area contributed by atoms with Crippen molar-refractivity contribution in [3.8, 4) is 22.8 Å². The van der Waals surface area contributed by atoms with Crippen molar-refractivity contribution in [2.45, 2.75) is 13.5 Å². The number of rotatable bonds is 6. The van der Waals surface area contributed by atoms with E-state index in [1.54, 1.807) is 25.6 Å². The third-order valence-electron chi connectivity index (χ3n) is 3.76. The zero-order valence-electron chi connectivity index (χ0n) is 16.1. The molecule has 0 unspecified atom stereocenters. The third kappa shape index (κ3) is 5.46. The van der Waals surface area contributed by atoms with E-state index in [2.05, 4.69) is 20.8 Å². The standard InChI is InChI=1S/C19H20N4O4S2/c1-12(24)27-23-18(20-9-14-16(25-2)5-4-6-17(14)26-3)22-19-21-15(11-29-19)13-7-8-28-10-13/h4-8,10-11H,9H2,1-3H3,(H2,20,21,22,23). The molecule has 0 aliphatic carbocycles. The van der Waals surface area contributed by atoms with Crippen molar-refractivity contribution >= 4 is 39.7 Å². The molecule has 0 saturated heterocycles. The zero-order valence-corrected chi connectivity index (χ0v) is 17.7. The summed E-state index contributed by atoms with van der Waals surface area (Å²) in [6.07, 6.45) is 0. The van der Waals surface area contributed by atoms with E-state index in [4.69, 9.17) is 14.3 Å². The summed E-state index contributed by atoms with van der Waals surface area (Å²) in [7, 11) is 3.17. The minimum Gasteiger partial charge on any atom is -0.496 e. The van der Waals surface area contributed by atoms with Crippen LogP contribution in [0.3, 0.4) is 0 Å². The number of hydroxylamine groups is 1. The van der Waals surface area contributed by atoms with Crippen LogP contribution in [0.5, 0.6) is 11.5 Å². The van der Waals surface area contributed by atoms with Crippen LogP contribution in [-0.2, 0) is 16.2 Å². The Balaban J connectivity index is 1.81. The number of carbonyl (C=O) groups is 1. The average Bonchev–Trinajstić information content (AvgIpc) is 3.41. The normalized spacial score (nSPS) is 11.1. The van der Waals surface area contributed by atoms with Crippen molar-refractivity contribution in [3.63, 3.8) is 0 Å². The maximum Gasteiger partial charge on any atom is 0.329 e. The van der Waals surface area contributed by atoms with Gasteiger partial charge in [-0.2, -0.15) is 16.8 Å². The van der Waals surface area contributed by atoms with Crippen LogP contribution in [-0.4, -0.2) is 31.1 Å². The fourth-order valence-electron chi connectivity index (χ4n) is 2.43. The number of hydrogen-bond donors (Lipinski definition) is 2. The average molecular weight is 433 g/mol. The van der Waals surface area contributed by atoms with Crippen molar-refractivity contribution in [1.82, 2.24) is 10.5 Å². The third-order valence-corrected chi connectivity index (χ3v) is 5.20. The van der Waals surface area contributed by atoms with E-state index in [-0.39, 0.29) is 12.5 Å². The molecule has 0 bridgehead atoms. The van der Waals surface area contributed by atoms with Gasteiger partial charge in [0.05, 0.1) is 32.0 Å². The molecule has 0 aliphatic heterocycles. The van der Waals surface area contributed by atoms with Gasteiger partial charge in [0.25, 0.3) is 0 Å². The van der Waals surface area contributed by atoms with E-state index in [0.29, 0.717) is 16.6 Å². The van der Waals surface area contributed by atoms with Crippen molar-refractivity contribution < 1.29 is 19.1 Å². The number of carbonyl (C=O) groups excluding carboxylic acids is 1. The number of hydrogen-bond acceptors (Lipinski definition) is 8. The predicted octanol–water partition coefficient (Wildman–Crippen LogP) is 3.92. The number of ether oxygens (including phenoxy) is 2. The number of aliphatic imine (C=N–C) groups is 1. The summed E-state index contributed by atoms with van der Waals surface area (Å²) < 4.78 is 10.8. The van der Waals surface area contributed by atoms with E-state index in [0.717, 1.165) is 16.8 Å². The smallest absolute Gasteiger partial charge is 0.329 e. The van der Waals surface area contributed by atoms with Gasteiger partial charge in [-0.3, -0.25) is 10.1 Å². The Morgan fingerprint density at radius 1 is 1.17 bits per heavy atom. The Morgan fingerprint density at radius 2 is 1.93 bits per heavy atom. The van der Waals surface area contributed by atoms with Crippen LogP contribution >= 0.6 is 22.7 Å². The van der Waals surface area contributed by atoms with Gasteiger partial charge in [0.2, 0.25) is 5.96 Å². The second-order valence-corrected chi connectivity index (χ2v) is 7.31. The van der Waals surface area contributed by atoms with E-state index >= 15 is 0 Å². The number of benzene rings is 1. The number of nitrogens with one attached hydrogen (secondary N) is 2. The van der Waals surface area contributed by atoms with Gasteiger partial charge in [-0.05, 0) is 23.6 Å². The lowest BCUT2D eigenvalue weighted by molar-refractivity contribution is -0.145. The van der Waals surface area contributed by atoms with Gasteiger partial charge in [0.15, 0.2) is 5.13 Å². The predicted molar refractivity (Wildman–Crippen MR) is 115 cm³/mol. The molecule has 2 heterocycles. The molecule has 0 spiro atoms. The molecule has 152 valence electrons. The van der Waals surface area contributed by atoms with Crippen molar-refractivity contribution in [1.29, 1.82) is 0 Å². The SMILES string of the molecule is COc1cccc(OC)c1CN=C(NOC(C)=O)Nc1nc(-c2ccsc2)cs1. The quantitative estimate of drug-likeness (QED) is 0.346. The van der Waals surface area contributed by atoms with Crippen LogP contribution in [0.1, 0.15) is 12.5 Å². The number of thiazole rings is 1. The van der Waals surface area contributed by atoms with Gasteiger partial charge in [0.1, 0.15) is 11.5 Å². The molecule has 2 aromatic heterocycles. The molecule has 0 fully saturated rings. The molecule has 0 amide bonds. The zero-order chi connectivity index (χ0) is 20.6. The monoisotopic (exact) mass is 432 g/mol. The summed E-state index contributed by atoms with van der Waals surface area (Å²) in [5.74, 6) is 1.04. The van der Waals surface area contributed by atoms with Crippen molar-refractivity contribution in [2.75, 3.05) is 19.5 Å². The molecule has 3 rings (SSSR count). The first-order valence-corrected chi connectivity index (χ1v) is 10.4. The van der Waals surface area contributed by atoms with Gasteiger partial charge >= 0.3 is 5.97 Å². The van der Waals surface area contributed by atoms with Gasteiger partial charge < -0.3 is 14.3 Å². The minimum atomic E-state index is -0.493. The van der Waals surface area contributed by atoms with E-state index in [1.807, 2.05) is 40.4 Å². The van der Waals surface area contributed by atoms with Crippen LogP contribution in [0.2, 0.25) is 0 Å². The Morgan fingerprint density at radius 3 is 2.55 bits per heavy atom. The van der Waals surface area contributed by atoms with Gasteiger partial charge in [-0.25, -0.2) is 9.98 Å². The highest BCUT2D eigenvalue weighted by Gasteiger charge is 2.12. The van der Waals surface area contributed by atoms with Crippen molar-refractivity contribution in [2.24, 2.45) is 4.99 Å². The molecule has 0 radical (unpaired) electrons. The lowest BCUT2D eigenvalue weighted by Crippen LogP contribution is -2.32. The number of thiophene rings is 1. The van der Waals surface area contributed by atoms with E-state index < -0.39 is 5.97 Å². The Kier molecular flexibility index (Phi) is 7.04. The molecular weight excluding hydrogens is 412 g/mol. The lowest BCUT2D eigenvalue weighted by atomic mass is 10.2. The van der Waals surface area contributed by atoms with Crippen LogP contribution < -0.4 is 20.3 Å².